The smallest absolute Gasteiger partial charge is 0.332 e. The number of benzene rings is 1. The standard InChI is InChI=1S/C22H22N8O6/c1-25-13-15(27(3)21(33)29(5)17(13)31)23-19(25)35-11-7-9-12(10-8-11)36-20-24-16-14(26(20)2)18(32)30(6)22(34)28(16)4/h7-10H,1-6H3. The molecule has 4 heterocycles. The molecule has 1 aromatic carbocycles. The van der Waals surface area contributed by atoms with Crippen molar-refractivity contribution >= 4 is 22.3 Å². The molecule has 0 saturated carbocycles. The number of hydrogen-bond donors (Lipinski definition) is 0. The molecule has 14 heteroatoms. The third-order valence-corrected chi connectivity index (χ3v) is 6.11. The van der Waals surface area contributed by atoms with Crippen molar-refractivity contribution in [2.75, 3.05) is 0 Å². The number of imidazole rings is 2. The van der Waals surface area contributed by atoms with Crippen molar-refractivity contribution in [1.82, 2.24) is 37.4 Å². The van der Waals surface area contributed by atoms with E-state index in [0.717, 1.165) is 9.13 Å². The van der Waals surface area contributed by atoms with Crippen LogP contribution in [0, 0.1) is 0 Å². The van der Waals surface area contributed by atoms with Crippen LogP contribution in [0.25, 0.3) is 22.3 Å². The van der Waals surface area contributed by atoms with Crippen molar-refractivity contribution in [2.24, 2.45) is 42.3 Å². The Labute approximate surface area is 201 Å². The molecule has 0 aliphatic carbocycles. The van der Waals surface area contributed by atoms with Gasteiger partial charge < -0.3 is 9.47 Å². The van der Waals surface area contributed by atoms with Crippen LogP contribution in [0.2, 0.25) is 0 Å². The van der Waals surface area contributed by atoms with E-state index in [1.165, 1.54) is 46.5 Å². The monoisotopic (exact) mass is 494 g/mol. The molecule has 186 valence electrons. The van der Waals surface area contributed by atoms with Crippen molar-refractivity contribution in [2.45, 2.75) is 0 Å². The predicted octanol–water partition coefficient (Wildman–Crippen LogP) is -0.161. The van der Waals surface area contributed by atoms with Crippen LogP contribution in [-0.4, -0.2) is 37.4 Å². The number of ether oxygens (including phenoxy) is 2. The van der Waals surface area contributed by atoms with Crippen LogP contribution in [0.4, 0.5) is 0 Å². The van der Waals surface area contributed by atoms with Crippen molar-refractivity contribution in [1.29, 1.82) is 0 Å². The van der Waals surface area contributed by atoms with Gasteiger partial charge >= 0.3 is 23.4 Å². The van der Waals surface area contributed by atoms with Gasteiger partial charge in [0.2, 0.25) is 0 Å². The normalized spacial score (nSPS) is 11.5. The first-order chi connectivity index (χ1) is 17.0. The maximum atomic E-state index is 12.5. The highest BCUT2D eigenvalue weighted by atomic mass is 16.5. The summed E-state index contributed by atoms with van der Waals surface area (Å²) in [4.78, 5) is 58.1. The first-order valence-corrected chi connectivity index (χ1v) is 10.7. The van der Waals surface area contributed by atoms with E-state index in [4.69, 9.17) is 9.47 Å². The lowest BCUT2D eigenvalue weighted by Crippen LogP contribution is -2.37. The zero-order valence-electron chi connectivity index (χ0n) is 20.3. The molecule has 36 heavy (non-hydrogen) atoms. The summed E-state index contributed by atoms with van der Waals surface area (Å²) < 4.78 is 19.2. The van der Waals surface area contributed by atoms with Gasteiger partial charge in [0.05, 0.1) is 0 Å². The van der Waals surface area contributed by atoms with Gasteiger partial charge in [0, 0.05) is 42.3 Å². The number of rotatable bonds is 4. The maximum Gasteiger partial charge on any atom is 0.332 e. The Morgan fingerprint density at radius 2 is 0.861 bits per heavy atom. The van der Waals surface area contributed by atoms with Crippen LogP contribution < -0.4 is 32.0 Å². The molecular formula is C22H22N8O6. The highest BCUT2D eigenvalue weighted by molar-refractivity contribution is 5.72. The second-order valence-corrected chi connectivity index (χ2v) is 8.34. The zero-order valence-corrected chi connectivity index (χ0v) is 20.3. The SMILES string of the molecule is Cn1c(=O)c2c(nc(Oc3ccc(Oc4nc5c(c(=O)n(C)c(=O)n5C)n4C)cc3)n2C)n(C)c1=O. The van der Waals surface area contributed by atoms with Crippen LogP contribution in [0.1, 0.15) is 0 Å². The van der Waals surface area contributed by atoms with Gasteiger partial charge in [-0.05, 0) is 24.3 Å². The van der Waals surface area contributed by atoms with Gasteiger partial charge in [0.1, 0.15) is 11.5 Å². The lowest BCUT2D eigenvalue weighted by molar-refractivity contribution is 0.416. The molecule has 0 amide bonds. The zero-order chi connectivity index (χ0) is 26.0. The van der Waals surface area contributed by atoms with Gasteiger partial charge in [0.15, 0.2) is 22.3 Å². The number of aromatic nitrogens is 8. The molecule has 0 saturated heterocycles. The lowest BCUT2D eigenvalue weighted by atomic mass is 10.3. The molecule has 0 aliphatic heterocycles. The highest BCUT2D eigenvalue weighted by Gasteiger charge is 2.20. The van der Waals surface area contributed by atoms with Crippen LogP contribution in [0.5, 0.6) is 23.5 Å². The summed E-state index contributed by atoms with van der Waals surface area (Å²) >= 11 is 0. The molecule has 0 unspecified atom stereocenters. The number of nitrogens with zero attached hydrogens (tertiary/aromatic N) is 8. The van der Waals surface area contributed by atoms with Gasteiger partial charge in [-0.3, -0.25) is 37.0 Å². The molecule has 5 aromatic rings. The van der Waals surface area contributed by atoms with E-state index in [9.17, 15) is 19.2 Å². The van der Waals surface area contributed by atoms with Crippen molar-refractivity contribution in [3.05, 3.63) is 65.9 Å². The first-order valence-electron chi connectivity index (χ1n) is 10.7. The average molecular weight is 494 g/mol. The molecule has 0 bridgehead atoms. The summed E-state index contributed by atoms with van der Waals surface area (Å²) in [5.74, 6) is 0.813. The van der Waals surface area contributed by atoms with E-state index >= 15 is 0 Å². The summed E-state index contributed by atoms with van der Waals surface area (Å²) in [6.45, 7) is 0. The van der Waals surface area contributed by atoms with Gasteiger partial charge in [0.25, 0.3) is 11.1 Å². The summed E-state index contributed by atoms with van der Waals surface area (Å²) in [5.41, 5.74) is -1.04. The molecule has 0 spiro atoms. The fourth-order valence-corrected chi connectivity index (χ4v) is 3.97. The molecular weight excluding hydrogens is 472 g/mol. The third kappa shape index (κ3) is 3.18. The summed E-state index contributed by atoms with van der Waals surface area (Å²) in [6.07, 6.45) is 0. The molecule has 5 rings (SSSR count). The second kappa shape index (κ2) is 7.83. The first kappa shape index (κ1) is 22.9. The fourth-order valence-electron chi connectivity index (χ4n) is 3.97. The van der Waals surface area contributed by atoms with Gasteiger partial charge in [-0.2, -0.15) is 9.97 Å². The highest BCUT2D eigenvalue weighted by Crippen LogP contribution is 2.27. The van der Waals surface area contributed by atoms with Gasteiger partial charge in [-0.25, -0.2) is 9.59 Å². The Morgan fingerprint density at radius 1 is 0.528 bits per heavy atom. The van der Waals surface area contributed by atoms with E-state index in [0.29, 0.717) is 11.5 Å². The quantitative estimate of drug-likeness (QED) is 0.335. The van der Waals surface area contributed by atoms with Crippen LogP contribution in [0.15, 0.2) is 43.4 Å². The summed E-state index contributed by atoms with van der Waals surface area (Å²) in [5, 5.41) is 0. The number of fused-ring (bicyclic) bond motifs is 2. The van der Waals surface area contributed by atoms with Crippen molar-refractivity contribution in [3.63, 3.8) is 0 Å². The molecule has 0 aliphatic rings. The van der Waals surface area contributed by atoms with E-state index in [1.54, 1.807) is 38.4 Å². The predicted molar refractivity (Wildman–Crippen MR) is 129 cm³/mol. The third-order valence-electron chi connectivity index (χ3n) is 6.11. The van der Waals surface area contributed by atoms with E-state index in [-0.39, 0.29) is 34.3 Å². The van der Waals surface area contributed by atoms with Crippen LogP contribution in [0.3, 0.4) is 0 Å². The Hall–Kier alpha value is -4.88. The molecule has 4 aromatic heterocycles. The molecule has 0 N–H and O–H groups in total. The van der Waals surface area contributed by atoms with Crippen LogP contribution in [-0.2, 0) is 42.3 Å². The summed E-state index contributed by atoms with van der Waals surface area (Å²) in [6, 6.07) is 6.77. The topological polar surface area (TPSA) is 142 Å². The minimum atomic E-state index is -0.487. The van der Waals surface area contributed by atoms with Crippen molar-refractivity contribution < 1.29 is 9.47 Å². The minimum Gasteiger partial charge on any atom is -0.425 e. The largest absolute Gasteiger partial charge is 0.425 e. The Balaban J connectivity index is 1.46. The molecule has 0 radical (unpaired) electrons. The molecule has 0 atom stereocenters. The van der Waals surface area contributed by atoms with Gasteiger partial charge in [-0.1, -0.05) is 0 Å². The van der Waals surface area contributed by atoms with E-state index < -0.39 is 22.5 Å². The summed E-state index contributed by atoms with van der Waals surface area (Å²) in [7, 11) is 9.11. The average Bonchev–Trinajstić information content (AvgIpc) is 3.36. The Kier molecular flexibility index (Phi) is 4.98. The van der Waals surface area contributed by atoms with E-state index in [2.05, 4.69) is 9.97 Å². The van der Waals surface area contributed by atoms with E-state index in [1.807, 2.05) is 0 Å². The van der Waals surface area contributed by atoms with Crippen molar-refractivity contribution in [3.8, 4) is 23.5 Å². The number of hydrogen-bond acceptors (Lipinski definition) is 8. The molecule has 14 nitrogen and oxygen atoms in total. The van der Waals surface area contributed by atoms with Crippen LogP contribution >= 0.6 is 0 Å². The Bertz CT molecular complexity index is 1790. The second-order valence-electron chi connectivity index (χ2n) is 8.34. The number of aryl methyl sites for hydroxylation is 4. The van der Waals surface area contributed by atoms with Gasteiger partial charge in [-0.15, -0.1) is 0 Å². The minimum absolute atomic E-state index is 0.129. The fraction of sp³-hybridized carbons (Fsp3) is 0.273. The Morgan fingerprint density at radius 3 is 1.19 bits per heavy atom. The maximum absolute atomic E-state index is 12.5. The lowest BCUT2D eigenvalue weighted by Gasteiger charge is -2.07. The molecule has 0 fully saturated rings.